The lowest BCUT2D eigenvalue weighted by Crippen LogP contribution is -2.28. The summed E-state index contributed by atoms with van der Waals surface area (Å²) < 4.78 is 0. The van der Waals surface area contributed by atoms with Crippen LogP contribution < -0.4 is 0 Å². The second-order valence-electron chi connectivity index (χ2n) is 4.13. The molecule has 0 aliphatic heterocycles. The zero-order chi connectivity index (χ0) is 8.48. The zero-order valence-corrected chi connectivity index (χ0v) is 8.54. The number of carbonyl (C=O) groups excluding carboxylic acids is 1. The quantitative estimate of drug-likeness (QED) is 0.595. The monoisotopic (exact) mass is 174 g/mol. The molecule has 0 aromatic rings. The van der Waals surface area contributed by atoms with Gasteiger partial charge in [-0.05, 0) is 31.6 Å². The van der Waals surface area contributed by atoms with Gasteiger partial charge in [0.2, 0.25) is 0 Å². The molecule has 1 fully saturated rings. The van der Waals surface area contributed by atoms with Crippen molar-refractivity contribution >= 4 is 15.8 Å². The van der Waals surface area contributed by atoms with Crippen LogP contribution in [0.3, 0.4) is 0 Å². The molecule has 0 bridgehead atoms. The van der Waals surface area contributed by atoms with E-state index in [-0.39, 0.29) is 0 Å². The van der Waals surface area contributed by atoms with Gasteiger partial charge >= 0.3 is 0 Å². The SMILES string of the molecule is CS(C)(C)C1CCCCC1=O. The lowest BCUT2D eigenvalue weighted by Gasteiger charge is -2.37. The molecule has 1 aliphatic rings. The summed E-state index contributed by atoms with van der Waals surface area (Å²) in [4.78, 5) is 11.5. The third-order valence-electron chi connectivity index (χ3n) is 2.35. The Labute approximate surface area is 70.9 Å². The molecule has 66 valence electrons. The van der Waals surface area contributed by atoms with Crippen LogP contribution in [0.5, 0.6) is 0 Å². The number of hydrogen-bond acceptors (Lipinski definition) is 1. The Morgan fingerprint density at radius 3 is 2.27 bits per heavy atom. The summed E-state index contributed by atoms with van der Waals surface area (Å²) in [5.41, 5.74) is 0. The molecule has 2 heteroatoms. The Hall–Kier alpha value is 0.0200. The van der Waals surface area contributed by atoms with Crippen molar-refractivity contribution in [3.05, 3.63) is 0 Å². The van der Waals surface area contributed by atoms with Crippen LogP contribution in [-0.2, 0) is 4.79 Å². The van der Waals surface area contributed by atoms with Gasteiger partial charge in [0, 0.05) is 11.7 Å². The Balaban J connectivity index is 2.62. The lowest BCUT2D eigenvalue weighted by molar-refractivity contribution is -0.119. The van der Waals surface area contributed by atoms with Crippen LogP contribution >= 0.6 is 10.0 Å². The maximum atomic E-state index is 11.5. The summed E-state index contributed by atoms with van der Waals surface area (Å²) in [5, 5.41) is 0.413. The van der Waals surface area contributed by atoms with Gasteiger partial charge < -0.3 is 0 Å². The average molecular weight is 174 g/mol. The summed E-state index contributed by atoms with van der Waals surface area (Å²) in [6.07, 6.45) is 11.1. The highest BCUT2D eigenvalue weighted by Crippen LogP contribution is 2.45. The molecule has 0 heterocycles. The predicted molar refractivity (Wildman–Crippen MR) is 52.6 cm³/mol. The van der Waals surface area contributed by atoms with E-state index in [1.165, 1.54) is 6.42 Å². The largest absolute Gasteiger partial charge is 0.299 e. The first kappa shape index (κ1) is 9.11. The molecule has 1 unspecified atom stereocenters. The van der Waals surface area contributed by atoms with Gasteiger partial charge in [-0.15, -0.1) is 0 Å². The van der Waals surface area contributed by atoms with Gasteiger partial charge in [-0.25, -0.2) is 10.0 Å². The van der Waals surface area contributed by atoms with Crippen LogP contribution in [0.15, 0.2) is 0 Å². The van der Waals surface area contributed by atoms with Crippen molar-refractivity contribution in [2.24, 2.45) is 0 Å². The zero-order valence-electron chi connectivity index (χ0n) is 7.72. The van der Waals surface area contributed by atoms with Gasteiger partial charge in [-0.3, -0.25) is 4.79 Å². The molecule has 0 spiro atoms. The van der Waals surface area contributed by atoms with Crippen molar-refractivity contribution in [2.75, 3.05) is 18.8 Å². The number of Topliss-reactive ketones (excluding diaryl/α,β-unsaturated/α-hetero) is 1. The summed E-state index contributed by atoms with van der Waals surface area (Å²) in [6, 6.07) is 0. The predicted octanol–water partition coefficient (Wildman–Crippen LogP) is 2.19. The topological polar surface area (TPSA) is 17.1 Å². The number of carbonyl (C=O) groups is 1. The van der Waals surface area contributed by atoms with E-state index >= 15 is 0 Å². The van der Waals surface area contributed by atoms with E-state index in [4.69, 9.17) is 0 Å². The fourth-order valence-electron chi connectivity index (χ4n) is 1.70. The Kier molecular flexibility index (Phi) is 2.63. The summed E-state index contributed by atoms with van der Waals surface area (Å²) in [5.74, 6) is 0.527. The van der Waals surface area contributed by atoms with Gasteiger partial charge in [0.05, 0.1) is 0 Å². The molecule has 0 aromatic heterocycles. The minimum atomic E-state index is -0.625. The number of rotatable bonds is 1. The van der Waals surface area contributed by atoms with Crippen LogP contribution in [0.25, 0.3) is 0 Å². The first-order valence-electron chi connectivity index (χ1n) is 4.22. The minimum Gasteiger partial charge on any atom is -0.299 e. The van der Waals surface area contributed by atoms with E-state index in [1.54, 1.807) is 0 Å². The van der Waals surface area contributed by atoms with Crippen molar-refractivity contribution in [1.82, 2.24) is 0 Å². The molecule has 1 nitrogen and oxygen atoms in total. The van der Waals surface area contributed by atoms with Crippen molar-refractivity contribution in [2.45, 2.75) is 30.9 Å². The van der Waals surface area contributed by atoms with E-state index in [2.05, 4.69) is 18.8 Å². The first-order chi connectivity index (χ1) is 5.02. The molecular weight excluding hydrogens is 156 g/mol. The smallest absolute Gasteiger partial charge is 0.144 e. The Morgan fingerprint density at radius 1 is 1.27 bits per heavy atom. The molecule has 0 aromatic carbocycles. The molecule has 11 heavy (non-hydrogen) atoms. The van der Waals surface area contributed by atoms with E-state index in [0.717, 1.165) is 19.3 Å². The van der Waals surface area contributed by atoms with Crippen molar-refractivity contribution in [1.29, 1.82) is 0 Å². The van der Waals surface area contributed by atoms with Crippen molar-refractivity contribution < 1.29 is 4.79 Å². The second kappa shape index (κ2) is 3.18. The van der Waals surface area contributed by atoms with Crippen LogP contribution in [0.2, 0.25) is 0 Å². The Bertz CT molecular complexity index is 157. The molecule has 1 rings (SSSR count). The summed E-state index contributed by atoms with van der Waals surface area (Å²) in [7, 11) is -0.625. The van der Waals surface area contributed by atoms with E-state index in [0.29, 0.717) is 11.0 Å². The molecule has 0 N–H and O–H groups in total. The van der Waals surface area contributed by atoms with E-state index in [1.807, 2.05) is 0 Å². The van der Waals surface area contributed by atoms with Gasteiger partial charge in [-0.2, -0.15) is 0 Å². The number of ketones is 1. The fourth-order valence-corrected chi connectivity index (χ4v) is 3.48. The highest BCUT2D eigenvalue weighted by molar-refractivity contribution is 8.33. The fraction of sp³-hybridized carbons (Fsp3) is 0.889. The maximum Gasteiger partial charge on any atom is 0.144 e. The first-order valence-corrected chi connectivity index (χ1v) is 7.14. The van der Waals surface area contributed by atoms with Crippen LogP contribution in [-0.4, -0.2) is 29.8 Å². The molecule has 1 aliphatic carbocycles. The normalized spacial score (nSPS) is 28.6. The molecular formula is C9H18OS. The van der Waals surface area contributed by atoms with Crippen LogP contribution in [0, 0.1) is 0 Å². The van der Waals surface area contributed by atoms with E-state index < -0.39 is 10.0 Å². The number of hydrogen-bond donors (Lipinski definition) is 0. The maximum absolute atomic E-state index is 11.5. The molecule has 1 saturated carbocycles. The molecule has 0 amide bonds. The van der Waals surface area contributed by atoms with Crippen molar-refractivity contribution in [3.63, 3.8) is 0 Å². The van der Waals surface area contributed by atoms with Gasteiger partial charge in [-0.1, -0.05) is 6.42 Å². The average Bonchev–Trinajstić information content (AvgIpc) is 1.86. The third-order valence-corrected chi connectivity index (χ3v) is 4.56. The van der Waals surface area contributed by atoms with Gasteiger partial charge in [0.1, 0.15) is 5.78 Å². The van der Waals surface area contributed by atoms with Gasteiger partial charge in [0.25, 0.3) is 0 Å². The summed E-state index contributed by atoms with van der Waals surface area (Å²) >= 11 is 0. The van der Waals surface area contributed by atoms with Crippen LogP contribution in [0.4, 0.5) is 0 Å². The molecule has 1 atom stereocenters. The molecule has 0 radical (unpaired) electrons. The van der Waals surface area contributed by atoms with Gasteiger partial charge in [0.15, 0.2) is 0 Å². The lowest BCUT2D eigenvalue weighted by atomic mass is 9.99. The minimum absolute atomic E-state index is 0.413. The van der Waals surface area contributed by atoms with Crippen LogP contribution in [0.1, 0.15) is 25.7 Å². The van der Waals surface area contributed by atoms with E-state index in [9.17, 15) is 4.79 Å². The Morgan fingerprint density at radius 2 is 1.91 bits per heavy atom. The molecule has 0 saturated heterocycles. The van der Waals surface area contributed by atoms with Crippen molar-refractivity contribution in [3.8, 4) is 0 Å². The summed E-state index contributed by atoms with van der Waals surface area (Å²) in [6.45, 7) is 0. The highest BCUT2D eigenvalue weighted by Gasteiger charge is 2.29. The third kappa shape index (κ3) is 2.22. The highest BCUT2D eigenvalue weighted by atomic mass is 32.3. The second-order valence-corrected chi connectivity index (χ2v) is 8.57. The standard InChI is InChI=1S/C9H18OS/c1-11(2,3)9-7-5-4-6-8(9)10/h9H,4-7H2,1-3H3.